The monoisotopic (exact) mass is 425 g/mol. The third-order valence-corrected chi connectivity index (χ3v) is 4.73. The van der Waals surface area contributed by atoms with E-state index in [1.807, 2.05) is 61.5 Å². The van der Waals surface area contributed by atoms with E-state index in [1.165, 1.54) is 10.6 Å². The van der Waals surface area contributed by atoms with E-state index >= 15 is 0 Å². The Labute approximate surface area is 180 Å². The van der Waals surface area contributed by atoms with Crippen molar-refractivity contribution in [2.24, 2.45) is 0 Å². The Hall–Kier alpha value is -3.00. The van der Waals surface area contributed by atoms with Crippen molar-refractivity contribution in [1.29, 1.82) is 0 Å². The zero-order valence-corrected chi connectivity index (χ0v) is 17.5. The fourth-order valence-corrected chi connectivity index (χ4v) is 3.36. The lowest BCUT2D eigenvalue weighted by atomic mass is 10.1. The molecule has 0 saturated heterocycles. The standard InChI is InChI=1S/C22H23N5O2.ClH/c1-16-6-5-9-18(12-16)21-24-22-23-19(13-20(29)27(22)25-21)15-26(10-11-28)14-17-7-3-2-4-8-17;/h2-9,12-13,28H,10-11,14-15H2,1H3,(H,23,24,25);1H. The maximum atomic E-state index is 12.6. The molecule has 0 aliphatic heterocycles. The molecular formula is C22H24ClN5O2. The number of halogens is 1. The van der Waals surface area contributed by atoms with Crippen LogP contribution in [0.1, 0.15) is 16.8 Å². The highest BCUT2D eigenvalue weighted by Crippen LogP contribution is 2.16. The number of aliphatic hydroxyl groups excluding tert-OH is 1. The van der Waals surface area contributed by atoms with Crippen LogP contribution in [0.4, 0.5) is 0 Å². The first-order valence-corrected chi connectivity index (χ1v) is 9.55. The molecule has 0 saturated carbocycles. The minimum Gasteiger partial charge on any atom is -0.395 e. The van der Waals surface area contributed by atoms with Crippen molar-refractivity contribution in [3.05, 3.63) is 87.8 Å². The number of nitrogens with zero attached hydrogens (tertiary/aromatic N) is 4. The molecule has 2 aromatic carbocycles. The highest BCUT2D eigenvalue weighted by atomic mass is 35.5. The molecule has 2 N–H and O–H groups in total. The number of hydrogen-bond acceptors (Lipinski definition) is 5. The first kappa shape index (κ1) is 21.7. The summed E-state index contributed by atoms with van der Waals surface area (Å²) in [6, 6.07) is 19.5. The number of aliphatic hydroxyl groups is 1. The fourth-order valence-electron chi connectivity index (χ4n) is 3.36. The molecule has 0 aliphatic carbocycles. The molecule has 0 unspecified atom stereocenters. The lowest BCUT2D eigenvalue weighted by Crippen LogP contribution is -2.28. The van der Waals surface area contributed by atoms with Crippen molar-refractivity contribution in [3.8, 4) is 11.4 Å². The van der Waals surface area contributed by atoms with Gasteiger partial charge in [0.25, 0.3) is 11.3 Å². The van der Waals surface area contributed by atoms with E-state index in [0.717, 1.165) is 16.7 Å². The number of aromatic amines is 1. The zero-order valence-electron chi connectivity index (χ0n) is 16.7. The molecule has 8 heteroatoms. The Morgan fingerprint density at radius 2 is 1.83 bits per heavy atom. The summed E-state index contributed by atoms with van der Waals surface area (Å²) in [4.78, 5) is 23.7. The summed E-state index contributed by atoms with van der Waals surface area (Å²) in [6.07, 6.45) is 0. The Bertz CT molecular complexity index is 1170. The first-order chi connectivity index (χ1) is 14.1. The van der Waals surface area contributed by atoms with Crippen LogP contribution in [-0.4, -0.2) is 42.7 Å². The lowest BCUT2D eigenvalue weighted by molar-refractivity contribution is 0.183. The first-order valence-electron chi connectivity index (χ1n) is 9.55. The van der Waals surface area contributed by atoms with Gasteiger partial charge in [0.1, 0.15) is 0 Å². The molecule has 4 rings (SSSR count). The van der Waals surface area contributed by atoms with Crippen LogP contribution in [0.3, 0.4) is 0 Å². The van der Waals surface area contributed by atoms with E-state index in [1.54, 1.807) is 0 Å². The van der Waals surface area contributed by atoms with E-state index < -0.39 is 0 Å². The molecule has 4 aromatic rings. The van der Waals surface area contributed by atoms with Crippen molar-refractivity contribution in [2.75, 3.05) is 13.2 Å². The van der Waals surface area contributed by atoms with Gasteiger partial charge >= 0.3 is 0 Å². The topological polar surface area (TPSA) is 86.5 Å². The number of H-pyrrole nitrogens is 1. The Morgan fingerprint density at radius 3 is 2.57 bits per heavy atom. The lowest BCUT2D eigenvalue weighted by Gasteiger charge is -2.20. The van der Waals surface area contributed by atoms with Crippen LogP contribution in [0.2, 0.25) is 0 Å². The van der Waals surface area contributed by atoms with E-state index in [0.29, 0.717) is 36.9 Å². The molecule has 7 nitrogen and oxygen atoms in total. The molecule has 0 fully saturated rings. The second-order valence-electron chi connectivity index (χ2n) is 7.08. The number of nitrogens with one attached hydrogen (secondary N) is 1. The van der Waals surface area contributed by atoms with Gasteiger partial charge in [-0.25, -0.2) is 4.98 Å². The molecule has 2 aromatic heterocycles. The minimum absolute atomic E-state index is 0. The Kier molecular flexibility index (Phi) is 6.99. The molecule has 0 aliphatic rings. The number of aryl methyl sites for hydroxylation is 1. The Balaban J connectivity index is 0.00000256. The smallest absolute Gasteiger partial charge is 0.274 e. The largest absolute Gasteiger partial charge is 0.395 e. The van der Waals surface area contributed by atoms with Crippen molar-refractivity contribution in [3.63, 3.8) is 0 Å². The molecule has 156 valence electrons. The number of rotatable bonds is 7. The molecule has 30 heavy (non-hydrogen) atoms. The van der Waals surface area contributed by atoms with Gasteiger partial charge in [0.2, 0.25) is 0 Å². The van der Waals surface area contributed by atoms with Crippen LogP contribution in [0.25, 0.3) is 17.2 Å². The molecule has 0 radical (unpaired) electrons. The van der Waals surface area contributed by atoms with Crippen LogP contribution in [0, 0.1) is 6.92 Å². The van der Waals surface area contributed by atoms with Crippen LogP contribution in [0.5, 0.6) is 0 Å². The maximum Gasteiger partial charge on any atom is 0.274 e. The highest BCUT2D eigenvalue weighted by Gasteiger charge is 2.13. The molecule has 0 atom stereocenters. The van der Waals surface area contributed by atoms with Gasteiger partial charge < -0.3 is 5.11 Å². The summed E-state index contributed by atoms with van der Waals surface area (Å²) in [5, 5.41) is 12.5. The van der Waals surface area contributed by atoms with Crippen LogP contribution < -0.4 is 5.56 Å². The highest BCUT2D eigenvalue weighted by molar-refractivity contribution is 5.85. The summed E-state index contributed by atoms with van der Waals surface area (Å²) in [6.45, 7) is 3.65. The van der Waals surface area contributed by atoms with Gasteiger partial charge in [-0.1, -0.05) is 54.1 Å². The molecule has 0 amide bonds. The normalized spacial score (nSPS) is 11.0. The van der Waals surface area contributed by atoms with Gasteiger partial charge in [-0.2, -0.15) is 9.50 Å². The molecule has 0 spiro atoms. The predicted octanol–water partition coefficient (Wildman–Crippen LogP) is 2.81. The van der Waals surface area contributed by atoms with Crippen molar-refractivity contribution < 1.29 is 5.11 Å². The average molecular weight is 426 g/mol. The van der Waals surface area contributed by atoms with Crippen LogP contribution in [-0.2, 0) is 13.1 Å². The fraction of sp³-hybridized carbons (Fsp3) is 0.227. The van der Waals surface area contributed by atoms with Gasteiger partial charge in [-0.3, -0.25) is 14.8 Å². The summed E-state index contributed by atoms with van der Waals surface area (Å²) in [5.41, 5.74) is 3.58. The van der Waals surface area contributed by atoms with Gasteiger partial charge in [0, 0.05) is 31.3 Å². The third-order valence-electron chi connectivity index (χ3n) is 4.73. The number of benzene rings is 2. The quantitative estimate of drug-likeness (QED) is 0.475. The van der Waals surface area contributed by atoms with Gasteiger partial charge in [-0.15, -0.1) is 12.4 Å². The predicted molar refractivity (Wildman–Crippen MR) is 119 cm³/mol. The van der Waals surface area contributed by atoms with Gasteiger partial charge in [0.05, 0.1) is 12.3 Å². The number of fused-ring (bicyclic) bond motifs is 1. The summed E-state index contributed by atoms with van der Waals surface area (Å²) in [7, 11) is 0. The zero-order chi connectivity index (χ0) is 20.2. The minimum atomic E-state index is -0.208. The molecule has 2 heterocycles. The second-order valence-corrected chi connectivity index (χ2v) is 7.08. The number of hydrogen-bond donors (Lipinski definition) is 2. The van der Waals surface area contributed by atoms with E-state index in [9.17, 15) is 9.90 Å². The molecular weight excluding hydrogens is 402 g/mol. The summed E-state index contributed by atoms with van der Waals surface area (Å²) < 4.78 is 1.36. The van der Waals surface area contributed by atoms with E-state index in [2.05, 4.69) is 20.0 Å². The maximum absolute atomic E-state index is 12.6. The average Bonchev–Trinajstić information content (AvgIpc) is 3.14. The van der Waals surface area contributed by atoms with E-state index in [-0.39, 0.29) is 24.6 Å². The molecule has 0 bridgehead atoms. The second kappa shape index (κ2) is 9.67. The number of aromatic nitrogens is 4. The van der Waals surface area contributed by atoms with E-state index in [4.69, 9.17) is 0 Å². The van der Waals surface area contributed by atoms with Crippen molar-refractivity contribution >= 4 is 18.2 Å². The van der Waals surface area contributed by atoms with Crippen LogP contribution in [0.15, 0.2) is 65.5 Å². The Morgan fingerprint density at radius 1 is 1.03 bits per heavy atom. The van der Waals surface area contributed by atoms with Crippen LogP contribution >= 0.6 is 12.4 Å². The van der Waals surface area contributed by atoms with Crippen molar-refractivity contribution in [1.82, 2.24) is 24.5 Å². The summed E-state index contributed by atoms with van der Waals surface area (Å²) in [5.74, 6) is 0.944. The SMILES string of the molecule is Cc1cccc(-c2nc3nc(CN(CCO)Cc4ccccc4)cc(=O)n3[nH]2)c1.Cl. The summed E-state index contributed by atoms with van der Waals surface area (Å²) >= 11 is 0. The third kappa shape index (κ3) is 4.94. The van der Waals surface area contributed by atoms with Gasteiger partial charge in [0.15, 0.2) is 5.82 Å². The van der Waals surface area contributed by atoms with Gasteiger partial charge in [-0.05, 0) is 18.6 Å². The van der Waals surface area contributed by atoms with Crippen molar-refractivity contribution in [2.45, 2.75) is 20.0 Å².